The minimum Gasteiger partial charge on any atom is -0.493 e. The van der Waals surface area contributed by atoms with E-state index in [4.69, 9.17) is 38.0 Å². The number of halogens is 2. The molecule has 0 atom stereocenters. The van der Waals surface area contributed by atoms with Gasteiger partial charge in [-0.15, -0.1) is 0 Å². The Kier molecular flexibility index (Phi) is 8.05. The largest absolute Gasteiger partial charge is 0.493 e. The first-order valence-electron chi connectivity index (χ1n) is 11.1. The number of hydrogen-bond acceptors (Lipinski definition) is 6. The Hall–Kier alpha value is -3.95. The summed E-state index contributed by atoms with van der Waals surface area (Å²) >= 11 is 11.5. The van der Waals surface area contributed by atoms with E-state index in [1.54, 1.807) is 60.7 Å². The molecule has 3 aromatic rings. The first-order valence-corrected chi connectivity index (χ1v) is 11.8. The third-order valence-corrected chi connectivity index (χ3v) is 6.19. The SMILES string of the molecule is COC(=O)CN1C(=S)N(c2ccc(Cl)cc2)C(=O)/C1=C/c1ccc(OCc2ccc(F)cc2)c(OC)c1. The van der Waals surface area contributed by atoms with Gasteiger partial charge in [-0.1, -0.05) is 29.8 Å². The molecule has 1 amide bonds. The quantitative estimate of drug-likeness (QED) is 0.220. The highest BCUT2D eigenvalue weighted by molar-refractivity contribution is 7.80. The summed E-state index contributed by atoms with van der Waals surface area (Å²) in [6.07, 6.45) is 1.61. The molecule has 1 aliphatic heterocycles. The summed E-state index contributed by atoms with van der Waals surface area (Å²) in [6, 6.07) is 17.8. The number of esters is 1. The van der Waals surface area contributed by atoms with E-state index < -0.39 is 11.9 Å². The van der Waals surface area contributed by atoms with Crippen LogP contribution >= 0.6 is 23.8 Å². The zero-order chi connectivity index (χ0) is 26.5. The number of benzene rings is 3. The number of carbonyl (C=O) groups is 2. The van der Waals surface area contributed by atoms with Crippen molar-refractivity contribution in [2.24, 2.45) is 0 Å². The van der Waals surface area contributed by atoms with Crippen molar-refractivity contribution in [3.63, 3.8) is 0 Å². The van der Waals surface area contributed by atoms with Crippen molar-refractivity contribution >= 4 is 52.6 Å². The molecule has 0 bridgehead atoms. The van der Waals surface area contributed by atoms with Crippen LogP contribution in [0.1, 0.15) is 11.1 Å². The molecule has 1 fully saturated rings. The van der Waals surface area contributed by atoms with Crippen LogP contribution in [0.2, 0.25) is 5.02 Å². The maximum Gasteiger partial charge on any atom is 0.325 e. The van der Waals surface area contributed by atoms with Gasteiger partial charge in [0.1, 0.15) is 24.7 Å². The number of thiocarbonyl (C=S) groups is 1. The fourth-order valence-corrected chi connectivity index (χ4v) is 4.11. The summed E-state index contributed by atoms with van der Waals surface area (Å²) in [4.78, 5) is 28.3. The highest BCUT2D eigenvalue weighted by Gasteiger charge is 2.40. The number of nitrogens with zero attached hydrogens (tertiary/aromatic N) is 2. The van der Waals surface area contributed by atoms with Crippen molar-refractivity contribution in [1.82, 2.24) is 4.90 Å². The molecule has 4 rings (SSSR count). The first kappa shape index (κ1) is 26.1. The average molecular weight is 541 g/mol. The Morgan fingerprint density at radius 1 is 1.03 bits per heavy atom. The van der Waals surface area contributed by atoms with Crippen LogP contribution in [0.15, 0.2) is 72.4 Å². The summed E-state index contributed by atoms with van der Waals surface area (Å²) in [6.45, 7) is -0.0280. The van der Waals surface area contributed by atoms with Gasteiger partial charge >= 0.3 is 5.97 Å². The predicted octanol–water partition coefficient (Wildman–Crippen LogP) is 5.21. The van der Waals surface area contributed by atoms with Gasteiger partial charge in [0, 0.05) is 5.02 Å². The van der Waals surface area contributed by atoms with Crippen LogP contribution in [0, 0.1) is 5.82 Å². The number of anilines is 1. The maximum atomic E-state index is 13.5. The predicted molar refractivity (Wildman–Crippen MR) is 142 cm³/mol. The molecule has 7 nitrogen and oxygen atoms in total. The van der Waals surface area contributed by atoms with Crippen molar-refractivity contribution in [2.45, 2.75) is 6.61 Å². The number of carbonyl (C=O) groups excluding carboxylic acids is 2. The van der Waals surface area contributed by atoms with Crippen molar-refractivity contribution in [3.8, 4) is 11.5 Å². The van der Waals surface area contributed by atoms with Crippen LogP contribution < -0.4 is 14.4 Å². The van der Waals surface area contributed by atoms with E-state index in [0.717, 1.165) is 5.56 Å². The molecule has 0 unspecified atom stereocenters. The molecule has 3 aromatic carbocycles. The van der Waals surface area contributed by atoms with Crippen LogP contribution in [-0.2, 0) is 20.9 Å². The number of methoxy groups -OCH3 is 2. The lowest BCUT2D eigenvalue weighted by molar-refractivity contribution is -0.140. The van der Waals surface area contributed by atoms with Gasteiger partial charge in [-0.25, -0.2) is 4.39 Å². The van der Waals surface area contributed by atoms with Gasteiger partial charge in [-0.05, 0) is 78.0 Å². The van der Waals surface area contributed by atoms with Gasteiger partial charge in [0.25, 0.3) is 5.91 Å². The fraction of sp³-hybridized carbons (Fsp3) is 0.148. The Balaban J connectivity index is 1.64. The number of amides is 1. The van der Waals surface area contributed by atoms with E-state index >= 15 is 0 Å². The zero-order valence-electron chi connectivity index (χ0n) is 19.9. The van der Waals surface area contributed by atoms with Crippen LogP contribution in [0.3, 0.4) is 0 Å². The van der Waals surface area contributed by atoms with Gasteiger partial charge in [0.05, 0.1) is 19.9 Å². The molecule has 0 N–H and O–H groups in total. The van der Waals surface area contributed by atoms with Gasteiger partial charge in [-0.2, -0.15) is 0 Å². The fourth-order valence-electron chi connectivity index (χ4n) is 3.64. The Morgan fingerprint density at radius 2 is 1.73 bits per heavy atom. The summed E-state index contributed by atoms with van der Waals surface area (Å²) in [5.41, 5.74) is 2.11. The molecule has 37 heavy (non-hydrogen) atoms. The molecular formula is C27H22ClFN2O5S. The summed E-state index contributed by atoms with van der Waals surface area (Å²) in [5.74, 6) is -0.390. The van der Waals surface area contributed by atoms with E-state index in [2.05, 4.69) is 0 Å². The second-order valence-corrected chi connectivity index (χ2v) is 8.72. The molecule has 1 aliphatic rings. The van der Waals surface area contributed by atoms with Gasteiger partial charge in [0.2, 0.25) is 0 Å². The second kappa shape index (κ2) is 11.4. The van der Waals surface area contributed by atoms with Gasteiger partial charge in [-0.3, -0.25) is 14.5 Å². The Labute approximate surface area is 223 Å². The van der Waals surface area contributed by atoms with E-state index in [-0.39, 0.29) is 29.8 Å². The topological polar surface area (TPSA) is 68.3 Å². The van der Waals surface area contributed by atoms with Crippen LogP contribution in [0.4, 0.5) is 10.1 Å². The van der Waals surface area contributed by atoms with E-state index in [9.17, 15) is 14.0 Å². The molecule has 0 radical (unpaired) electrons. The summed E-state index contributed by atoms with van der Waals surface area (Å²) in [7, 11) is 2.76. The van der Waals surface area contributed by atoms with Crippen molar-refractivity contribution < 1.29 is 28.2 Å². The normalized spacial score (nSPS) is 14.3. The molecule has 0 spiro atoms. The van der Waals surface area contributed by atoms with Crippen molar-refractivity contribution in [1.29, 1.82) is 0 Å². The van der Waals surface area contributed by atoms with Crippen LogP contribution in [0.5, 0.6) is 11.5 Å². The molecule has 190 valence electrons. The Morgan fingerprint density at radius 3 is 2.38 bits per heavy atom. The third-order valence-electron chi connectivity index (χ3n) is 5.53. The number of ether oxygens (including phenoxy) is 3. The van der Waals surface area contributed by atoms with Crippen LogP contribution in [0.25, 0.3) is 6.08 Å². The lowest BCUT2D eigenvalue weighted by Gasteiger charge is -2.19. The molecular weight excluding hydrogens is 519 g/mol. The van der Waals surface area contributed by atoms with Crippen LogP contribution in [-0.4, -0.2) is 42.7 Å². The smallest absolute Gasteiger partial charge is 0.325 e. The number of hydrogen-bond donors (Lipinski definition) is 0. The Bertz CT molecular complexity index is 1360. The highest BCUT2D eigenvalue weighted by Crippen LogP contribution is 2.33. The molecule has 1 heterocycles. The maximum absolute atomic E-state index is 13.5. The van der Waals surface area contributed by atoms with E-state index in [1.807, 2.05) is 0 Å². The monoisotopic (exact) mass is 540 g/mol. The molecule has 0 saturated carbocycles. The average Bonchev–Trinajstić information content (AvgIpc) is 3.13. The molecule has 0 aromatic heterocycles. The van der Waals surface area contributed by atoms with Crippen molar-refractivity contribution in [2.75, 3.05) is 25.7 Å². The third kappa shape index (κ3) is 5.90. The highest BCUT2D eigenvalue weighted by atomic mass is 35.5. The van der Waals surface area contributed by atoms with Gasteiger partial charge in [0.15, 0.2) is 16.6 Å². The van der Waals surface area contributed by atoms with E-state index in [0.29, 0.717) is 27.8 Å². The summed E-state index contributed by atoms with van der Waals surface area (Å²) < 4.78 is 29.3. The lowest BCUT2D eigenvalue weighted by atomic mass is 10.1. The minimum absolute atomic E-state index is 0.134. The standard InChI is InChI=1S/C27H22ClFN2O5S/c1-34-24-14-18(5-12-23(24)36-16-17-3-8-20(29)9-4-17)13-22-26(33)31(21-10-6-19(28)7-11-21)27(37)30(22)15-25(32)35-2/h3-14H,15-16H2,1-2H3/b22-13-. The molecule has 0 aliphatic carbocycles. The minimum atomic E-state index is -0.555. The van der Waals surface area contributed by atoms with E-state index in [1.165, 1.54) is 36.2 Å². The summed E-state index contributed by atoms with van der Waals surface area (Å²) in [5, 5.41) is 0.646. The zero-order valence-corrected chi connectivity index (χ0v) is 21.5. The lowest BCUT2D eigenvalue weighted by Crippen LogP contribution is -2.35. The molecule has 1 saturated heterocycles. The van der Waals surface area contributed by atoms with Crippen molar-refractivity contribution in [3.05, 3.63) is 94.4 Å². The number of rotatable bonds is 8. The second-order valence-electron chi connectivity index (χ2n) is 7.92. The van der Waals surface area contributed by atoms with Gasteiger partial charge < -0.3 is 19.1 Å². The first-order chi connectivity index (χ1) is 17.8. The molecule has 10 heteroatoms.